The molecule has 72 valence electrons. The van der Waals surface area contributed by atoms with Crippen LogP contribution in [0.25, 0.3) is 0 Å². The molecule has 0 aromatic carbocycles. The van der Waals surface area contributed by atoms with Crippen LogP contribution >= 0.6 is 0 Å². The molecule has 0 saturated heterocycles. The zero-order valence-corrected chi connectivity index (χ0v) is 8.68. The van der Waals surface area contributed by atoms with Crippen molar-refractivity contribution in [2.75, 3.05) is 6.54 Å². The van der Waals surface area contributed by atoms with E-state index in [0.29, 0.717) is 5.92 Å². The number of ketones is 1. The third-order valence-electron chi connectivity index (χ3n) is 2.27. The molecule has 12 heavy (non-hydrogen) atoms. The van der Waals surface area contributed by atoms with E-state index in [4.69, 9.17) is 0 Å². The molecule has 0 bridgehead atoms. The summed E-state index contributed by atoms with van der Waals surface area (Å²) < 4.78 is 0. The van der Waals surface area contributed by atoms with Crippen LogP contribution in [0.1, 0.15) is 40.5 Å². The normalized spacial score (nSPS) is 15.7. The Morgan fingerprint density at radius 2 is 2.00 bits per heavy atom. The number of rotatable bonds is 6. The van der Waals surface area contributed by atoms with Crippen molar-refractivity contribution < 1.29 is 4.79 Å². The predicted octanol–water partition coefficient (Wildman–Crippen LogP) is 1.99. The van der Waals surface area contributed by atoms with E-state index in [1.165, 1.54) is 0 Å². The molecular formula is C10H21NO. The van der Waals surface area contributed by atoms with Gasteiger partial charge in [0.2, 0.25) is 0 Å². The van der Waals surface area contributed by atoms with E-state index in [-0.39, 0.29) is 11.8 Å². The minimum atomic E-state index is 0.0648. The summed E-state index contributed by atoms with van der Waals surface area (Å²) in [5.41, 5.74) is 0. The smallest absolute Gasteiger partial charge is 0.146 e. The van der Waals surface area contributed by atoms with E-state index in [0.717, 1.165) is 19.4 Å². The number of carbonyl (C=O) groups excluding carboxylic acids is 1. The third kappa shape index (κ3) is 3.86. The van der Waals surface area contributed by atoms with E-state index in [1.807, 2.05) is 0 Å². The van der Waals surface area contributed by atoms with Crippen LogP contribution in [0.4, 0.5) is 0 Å². The molecule has 0 heterocycles. The second-order valence-corrected chi connectivity index (χ2v) is 3.43. The van der Waals surface area contributed by atoms with Gasteiger partial charge in [-0.1, -0.05) is 27.2 Å². The average Bonchev–Trinajstić information content (AvgIpc) is 2.04. The van der Waals surface area contributed by atoms with Gasteiger partial charge in [-0.2, -0.15) is 0 Å². The molecule has 0 aliphatic heterocycles. The molecule has 1 N–H and O–H groups in total. The Morgan fingerprint density at radius 1 is 1.42 bits per heavy atom. The van der Waals surface area contributed by atoms with Crippen LogP contribution < -0.4 is 5.32 Å². The quantitative estimate of drug-likeness (QED) is 0.662. The first-order chi connectivity index (χ1) is 5.63. The van der Waals surface area contributed by atoms with E-state index in [1.54, 1.807) is 6.92 Å². The molecule has 0 aliphatic carbocycles. The van der Waals surface area contributed by atoms with Gasteiger partial charge in [0.05, 0.1) is 6.04 Å². The number of nitrogens with one attached hydrogen (secondary N) is 1. The Labute approximate surface area is 75.7 Å². The van der Waals surface area contributed by atoms with Crippen molar-refractivity contribution in [2.24, 2.45) is 5.92 Å². The van der Waals surface area contributed by atoms with Crippen molar-refractivity contribution in [3.63, 3.8) is 0 Å². The van der Waals surface area contributed by atoms with Gasteiger partial charge in [0.25, 0.3) is 0 Å². The van der Waals surface area contributed by atoms with Crippen LogP contribution in [0, 0.1) is 5.92 Å². The zero-order chi connectivity index (χ0) is 9.56. The SMILES string of the molecule is CCCNC(C(C)=O)C(C)CC. The van der Waals surface area contributed by atoms with Crippen LogP contribution in [0.15, 0.2) is 0 Å². The fourth-order valence-corrected chi connectivity index (χ4v) is 1.28. The van der Waals surface area contributed by atoms with Gasteiger partial charge >= 0.3 is 0 Å². The first kappa shape index (κ1) is 11.6. The first-order valence-corrected chi connectivity index (χ1v) is 4.87. The maximum atomic E-state index is 11.2. The van der Waals surface area contributed by atoms with E-state index >= 15 is 0 Å². The van der Waals surface area contributed by atoms with Gasteiger partial charge in [-0.05, 0) is 25.8 Å². The van der Waals surface area contributed by atoms with Crippen LogP contribution in [0.5, 0.6) is 0 Å². The van der Waals surface area contributed by atoms with Crippen molar-refractivity contribution >= 4 is 5.78 Å². The van der Waals surface area contributed by atoms with Crippen LogP contribution in [-0.2, 0) is 4.79 Å². The summed E-state index contributed by atoms with van der Waals surface area (Å²) >= 11 is 0. The molecule has 0 fully saturated rings. The fraction of sp³-hybridized carbons (Fsp3) is 0.900. The molecule has 2 nitrogen and oxygen atoms in total. The van der Waals surface area contributed by atoms with Crippen molar-refractivity contribution in [1.29, 1.82) is 0 Å². The minimum absolute atomic E-state index is 0.0648. The van der Waals surface area contributed by atoms with Crippen LogP contribution in [-0.4, -0.2) is 18.4 Å². The maximum absolute atomic E-state index is 11.2. The van der Waals surface area contributed by atoms with Gasteiger partial charge in [-0.15, -0.1) is 0 Å². The number of hydrogen-bond acceptors (Lipinski definition) is 2. The number of carbonyl (C=O) groups is 1. The van der Waals surface area contributed by atoms with Crippen molar-refractivity contribution in [3.8, 4) is 0 Å². The van der Waals surface area contributed by atoms with Crippen molar-refractivity contribution in [2.45, 2.75) is 46.6 Å². The lowest BCUT2D eigenvalue weighted by atomic mass is 9.96. The molecule has 2 heteroatoms. The zero-order valence-electron chi connectivity index (χ0n) is 8.68. The molecule has 0 aliphatic rings. The van der Waals surface area contributed by atoms with Gasteiger partial charge in [0, 0.05) is 0 Å². The highest BCUT2D eigenvalue weighted by molar-refractivity contribution is 5.81. The Balaban J connectivity index is 3.94. The van der Waals surface area contributed by atoms with Gasteiger partial charge in [0.15, 0.2) is 0 Å². The van der Waals surface area contributed by atoms with E-state index in [2.05, 4.69) is 26.1 Å². The molecule has 0 aromatic rings. The van der Waals surface area contributed by atoms with Gasteiger partial charge < -0.3 is 5.32 Å². The highest BCUT2D eigenvalue weighted by Crippen LogP contribution is 2.08. The minimum Gasteiger partial charge on any atom is -0.307 e. The molecule has 2 atom stereocenters. The summed E-state index contributed by atoms with van der Waals surface area (Å²) in [6.45, 7) is 8.96. The molecule has 2 unspecified atom stereocenters. The lowest BCUT2D eigenvalue weighted by Gasteiger charge is -2.21. The summed E-state index contributed by atoms with van der Waals surface area (Å²) in [6.07, 6.45) is 2.14. The van der Waals surface area contributed by atoms with Gasteiger partial charge in [-0.25, -0.2) is 0 Å². The van der Waals surface area contributed by atoms with E-state index < -0.39 is 0 Å². The van der Waals surface area contributed by atoms with Crippen molar-refractivity contribution in [1.82, 2.24) is 5.32 Å². The Bertz CT molecular complexity index is 134. The third-order valence-corrected chi connectivity index (χ3v) is 2.27. The second-order valence-electron chi connectivity index (χ2n) is 3.43. The molecule has 0 rings (SSSR count). The second kappa shape index (κ2) is 6.18. The lowest BCUT2D eigenvalue weighted by Crippen LogP contribution is -2.40. The summed E-state index contributed by atoms with van der Waals surface area (Å²) in [6, 6.07) is 0.0648. The average molecular weight is 171 g/mol. The van der Waals surface area contributed by atoms with Crippen LogP contribution in [0.2, 0.25) is 0 Å². The van der Waals surface area contributed by atoms with Crippen molar-refractivity contribution in [3.05, 3.63) is 0 Å². The maximum Gasteiger partial charge on any atom is 0.146 e. The Hall–Kier alpha value is -0.370. The molecule has 0 radical (unpaired) electrons. The highest BCUT2D eigenvalue weighted by atomic mass is 16.1. The first-order valence-electron chi connectivity index (χ1n) is 4.87. The summed E-state index contributed by atoms with van der Waals surface area (Å²) in [4.78, 5) is 11.2. The molecule has 0 saturated carbocycles. The topological polar surface area (TPSA) is 29.1 Å². The number of Topliss-reactive ketones (excluding diaryl/α,β-unsaturated/α-hetero) is 1. The number of hydrogen-bond donors (Lipinski definition) is 1. The summed E-state index contributed by atoms with van der Waals surface area (Å²) in [5.74, 6) is 0.715. The van der Waals surface area contributed by atoms with Gasteiger partial charge in [-0.3, -0.25) is 4.79 Å². The molecular weight excluding hydrogens is 150 g/mol. The predicted molar refractivity (Wildman–Crippen MR) is 52.2 cm³/mol. The monoisotopic (exact) mass is 171 g/mol. The Kier molecular flexibility index (Phi) is 5.99. The standard InChI is InChI=1S/C10H21NO/c1-5-7-11-10(9(4)12)8(3)6-2/h8,10-11H,5-7H2,1-4H3. The highest BCUT2D eigenvalue weighted by Gasteiger charge is 2.18. The Morgan fingerprint density at radius 3 is 2.33 bits per heavy atom. The molecule has 0 spiro atoms. The summed E-state index contributed by atoms with van der Waals surface area (Å²) in [7, 11) is 0. The van der Waals surface area contributed by atoms with Gasteiger partial charge in [0.1, 0.15) is 5.78 Å². The van der Waals surface area contributed by atoms with Crippen LogP contribution in [0.3, 0.4) is 0 Å². The summed E-state index contributed by atoms with van der Waals surface area (Å²) in [5, 5.41) is 3.27. The lowest BCUT2D eigenvalue weighted by molar-refractivity contribution is -0.120. The molecule has 0 aromatic heterocycles. The fourth-order valence-electron chi connectivity index (χ4n) is 1.28. The van der Waals surface area contributed by atoms with E-state index in [9.17, 15) is 4.79 Å². The molecule has 0 amide bonds. The largest absolute Gasteiger partial charge is 0.307 e.